The maximum absolute atomic E-state index is 13.9. The monoisotopic (exact) mass is 436 g/mol. The average molecular weight is 436 g/mol. The van der Waals surface area contributed by atoms with E-state index >= 15 is 0 Å². The molecule has 0 radical (unpaired) electrons. The van der Waals surface area contributed by atoms with Crippen LogP contribution in [0.4, 0.5) is 52.7 Å². The van der Waals surface area contributed by atoms with Crippen LogP contribution in [0.3, 0.4) is 0 Å². The van der Waals surface area contributed by atoms with E-state index < -0.39 is 92.2 Å². The summed E-state index contributed by atoms with van der Waals surface area (Å²) < 4.78 is 163. The normalized spacial score (nSPS) is 15.8. The molecule has 0 N–H and O–H groups in total. The van der Waals surface area contributed by atoms with Crippen molar-refractivity contribution in [1.82, 2.24) is 0 Å². The minimum atomic E-state index is -5.06. The molecule has 0 aliphatic heterocycles. The quantitative estimate of drug-likeness (QED) is 0.359. The van der Waals surface area contributed by atoms with Crippen LogP contribution in [-0.2, 0) is 4.79 Å². The summed E-state index contributed by atoms with van der Waals surface area (Å²) in [6.45, 7) is 0. The van der Waals surface area contributed by atoms with E-state index in [4.69, 9.17) is 0 Å². The van der Waals surface area contributed by atoms with Crippen molar-refractivity contribution in [3.05, 3.63) is 69.3 Å². The summed E-state index contributed by atoms with van der Waals surface area (Å²) >= 11 is 0. The van der Waals surface area contributed by atoms with E-state index in [0.717, 1.165) is 0 Å². The first-order chi connectivity index (χ1) is 13.3. The second kappa shape index (κ2) is 6.26. The summed E-state index contributed by atoms with van der Waals surface area (Å²) in [5.41, 5.74) is -9.33. The lowest BCUT2D eigenvalue weighted by atomic mass is 9.74. The zero-order chi connectivity index (χ0) is 22.2. The molecule has 0 bridgehead atoms. The SMILES string of the molecule is O=C1C(c2c(F)c(F)c(F)c(F)c2F)=C(c2c(F)c(F)c(F)c(F)c2F)C1(F)F. The van der Waals surface area contributed by atoms with E-state index in [-0.39, 0.29) is 0 Å². The number of halogens is 12. The Balaban J connectivity index is 2.52. The smallest absolute Gasteiger partial charge is 0.287 e. The Kier molecular flexibility index (Phi) is 4.47. The van der Waals surface area contributed by atoms with Crippen molar-refractivity contribution in [3.63, 3.8) is 0 Å². The molecule has 29 heavy (non-hydrogen) atoms. The fourth-order valence-electron chi connectivity index (χ4n) is 2.65. The summed E-state index contributed by atoms with van der Waals surface area (Å²) in [6.07, 6.45) is 0. The van der Waals surface area contributed by atoms with Crippen LogP contribution in [0, 0.1) is 58.2 Å². The zero-order valence-electron chi connectivity index (χ0n) is 12.9. The van der Waals surface area contributed by atoms with E-state index in [1.54, 1.807) is 0 Å². The van der Waals surface area contributed by atoms with Crippen LogP contribution in [0.2, 0.25) is 0 Å². The summed E-state index contributed by atoms with van der Waals surface area (Å²) in [7, 11) is 0. The molecule has 2 aromatic carbocycles. The number of alkyl halides is 2. The fourth-order valence-corrected chi connectivity index (χ4v) is 2.65. The average Bonchev–Trinajstić information content (AvgIpc) is 2.68. The highest BCUT2D eigenvalue weighted by Gasteiger charge is 2.60. The largest absolute Gasteiger partial charge is 0.336 e. The molecule has 0 fully saturated rings. The van der Waals surface area contributed by atoms with Gasteiger partial charge in [0.05, 0.1) is 16.7 Å². The molecule has 0 saturated carbocycles. The van der Waals surface area contributed by atoms with Crippen LogP contribution in [-0.4, -0.2) is 11.7 Å². The Morgan fingerprint density at radius 3 is 1.07 bits per heavy atom. The first-order valence-corrected chi connectivity index (χ1v) is 6.97. The van der Waals surface area contributed by atoms with Crippen LogP contribution in [0.25, 0.3) is 11.1 Å². The van der Waals surface area contributed by atoms with Gasteiger partial charge in [-0.15, -0.1) is 0 Å². The Labute approximate surface area is 150 Å². The van der Waals surface area contributed by atoms with E-state index in [1.807, 2.05) is 0 Å². The first kappa shape index (κ1) is 20.7. The molecule has 0 atom stereocenters. The summed E-state index contributed by atoms with van der Waals surface area (Å²) in [5, 5.41) is 0. The van der Waals surface area contributed by atoms with Gasteiger partial charge in [-0.1, -0.05) is 0 Å². The molecule has 1 aliphatic rings. The van der Waals surface area contributed by atoms with Crippen molar-refractivity contribution in [2.75, 3.05) is 0 Å². The van der Waals surface area contributed by atoms with Gasteiger partial charge in [0.25, 0.3) is 0 Å². The third kappa shape index (κ3) is 2.48. The molecular formula is C16F12O. The van der Waals surface area contributed by atoms with Gasteiger partial charge in [-0.25, -0.2) is 43.9 Å². The summed E-state index contributed by atoms with van der Waals surface area (Å²) in [6, 6.07) is 0. The summed E-state index contributed by atoms with van der Waals surface area (Å²) in [5.74, 6) is -35.7. The lowest BCUT2D eigenvalue weighted by Crippen LogP contribution is -2.43. The van der Waals surface area contributed by atoms with E-state index in [0.29, 0.717) is 0 Å². The van der Waals surface area contributed by atoms with Crippen LogP contribution in [0.1, 0.15) is 11.1 Å². The fraction of sp³-hybridized carbons (Fsp3) is 0.0625. The van der Waals surface area contributed by atoms with Crippen LogP contribution in [0.15, 0.2) is 0 Å². The molecule has 0 aromatic heterocycles. The van der Waals surface area contributed by atoms with Gasteiger partial charge < -0.3 is 0 Å². The second-order valence-corrected chi connectivity index (χ2v) is 5.54. The molecule has 0 unspecified atom stereocenters. The van der Waals surface area contributed by atoms with Gasteiger partial charge in [0.1, 0.15) is 0 Å². The van der Waals surface area contributed by atoms with Crippen molar-refractivity contribution in [3.8, 4) is 0 Å². The number of carbonyl (C=O) groups excluding carboxylic acids is 1. The molecule has 1 nitrogen and oxygen atoms in total. The van der Waals surface area contributed by atoms with E-state index in [9.17, 15) is 57.5 Å². The predicted molar refractivity (Wildman–Crippen MR) is 69.2 cm³/mol. The lowest BCUT2D eigenvalue weighted by Gasteiger charge is -2.32. The second-order valence-electron chi connectivity index (χ2n) is 5.54. The molecule has 13 heteroatoms. The van der Waals surface area contributed by atoms with Crippen molar-refractivity contribution in [1.29, 1.82) is 0 Å². The number of ketones is 1. The lowest BCUT2D eigenvalue weighted by molar-refractivity contribution is -0.132. The predicted octanol–water partition coefficient (Wildman–Crippen LogP) is 5.21. The van der Waals surface area contributed by atoms with Gasteiger partial charge in [0, 0.05) is 5.57 Å². The Hall–Kier alpha value is -2.99. The number of hydrogen-bond donors (Lipinski definition) is 0. The standard InChI is InChI=1S/C16F12O/c17-5-2(6(18)10(22)13(25)9(5)21)1-4(16(27,28)15(1)29)3-7(19)11(23)14(26)12(24)8(3)20. The van der Waals surface area contributed by atoms with Gasteiger partial charge in [-0.05, 0) is 0 Å². The van der Waals surface area contributed by atoms with Gasteiger partial charge >= 0.3 is 5.92 Å². The third-order valence-corrected chi connectivity index (χ3v) is 4.00. The minimum Gasteiger partial charge on any atom is -0.287 e. The van der Waals surface area contributed by atoms with Crippen molar-refractivity contribution in [2.45, 2.75) is 5.92 Å². The molecule has 0 saturated heterocycles. The van der Waals surface area contributed by atoms with Crippen LogP contribution >= 0.6 is 0 Å². The highest BCUT2D eigenvalue weighted by Crippen LogP contribution is 2.53. The Morgan fingerprint density at radius 1 is 0.448 bits per heavy atom. The molecule has 0 amide bonds. The number of allylic oxidation sites excluding steroid dienone is 2. The van der Waals surface area contributed by atoms with Gasteiger partial charge in [-0.2, -0.15) is 8.78 Å². The molecule has 3 rings (SSSR count). The van der Waals surface area contributed by atoms with Gasteiger partial charge in [0.15, 0.2) is 46.5 Å². The molecule has 2 aromatic rings. The van der Waals surface area contributed by atoms with Gasteiger partial charge in [0.2, 0.25) is 17.4 Å². The maximum Gasteiger partial charge on any atom is 0.336 e. The first-order valence-electron chi connectivity index (χ1n) is 6.97. The molecule has 154 valence electrons. The van der Waals surface area contributed by atoms with Crippen molar-refractivity contribution in [2.24, 2.45) is 0 Å². The van der Waals surface area contributed by atoms with Gasteiger partial charge in [-0.3, -0.25) is 4.79 Å². The number of benzene rings is 2. The van der Waals surface area contributed by atoms with Crippen LogP contribution < -0.4 is 0 Å². The number of carbonyl (C=O) groups is 1. The van der Waals surface area contributed by atoms with Crippen molar-refractivity contribution >= 4 is 16.9 Å². The van der Waals surface area contributed by atoms with E-state index in [1.165, 1.54) is 0 Å². The molecular weight excluding hydrogens is 436 g/mol. The number of Topliss-reactive ketones (excluding diaryl/α,β-unsaturated/α-hetero) is 1. The molecule has 1 aliphatic carbocycles. The van der Waals surface area contributed by atoms with E-state index in [2.05, 4.69) is 0 Å². The van der Waals surface area contributed by atoms with Crippen molar-refractivity contribution < 1.29 is 57.5 Å². The maximum atomic E-state index is 13.9. The molecule has 0 heterocycles. The minimum absolute atomic E-state index is 2.13. The highest BCUT2D eigenvalue weighted by atomic mass is 19.3. The zero-order valence-corrected chi connectivity index (χ0v) is 12.9. The Morgan fingerprint density at radius 2 is 0.724 bits per heavy atom. The molecule has 0 spiro atoms. The topological polar surface area (TPSA) is 17.1 Å². The van der Waals surface area contributed by atoms with Crippen LogP contribution in [0.5, 0.6) is 0 Å². The third-order valence-electron chi connectivity index (χ3n) is 4.00. The number of rotatable bonds is 2. The summed E-state index contributed by atoms with van der Waals surface area (Å²) in [4.78, 5) is 11.6. The Bertz CT molecular complexity index is 1090. The number of hydrogen-bond acceptors (Lipinski definition) is 1. The highest BCUT2D eigenvalue weighted by molar-refractivity contribution is 6.43.